The third-order valence-electron chi connectivity index (χ3n) is 5.04. The maximum Gasteiger partial charge on any atom is 0.417 e. The lowest BCUT2D eigenvalue weighted by atomic mass is 9.78. The van der Waals surface area contributed by atoms with Crippen LogP contribution in [-0.4, -0.2) is 37.1 Å². The van der Waals surface area contributed by atoms with Gasteiger partial charge in [-0.1, -0.05) is 0 Å². The van der Waals surface area contributed by atoms with Crippen molar-refractivity contribution in [3.05, 3.63) is 29.3 Å². The highest BCUT2D eigenvalue weighted by molar-refractivity contribution is 5.56. The number of nitrogens with zero attached hydrogens (tertiary/aromatic N) is 3. The standard InChI is InChI=1S/C17H20F3N3/c1-12(2)23-10-16(11-23)5-6-22(9-16)14-3-4-15(17(18,19)20)13(7-14)8-21/h3-4,7,12H,5-6,9-11H2,1-2H3. The lowest BCUT2D eigenvalue weighted by molar-refractivity contribution is -0.137. The fourth-order valence-corrected chi connectivity index (χ4v) is 3.66. The van der Waals surface area contributed by atoms with Crippen LogP contribution in [0.4, 0.5) is 18.9 Å². The predicted molar refractivity (Wildman–Crippen MR) is 82.1 cm³/mol. The van der Waals surface area contributed by atoms with Crippen molar-refractivity contribution in [2.45, 2.75) is 32.5 Å². The summed E-state index contributed by atoms with van der Waals surface area (Å²) in [5, 5.41) is 9.03. The molecule has 6 heteroatoms. The summed E-state index contributed by atoms with van der Waals surface area (Å²) in [7, 11) is 0. The van der Waals surface area contributed by atoms with Gasteiger partial charge in [-0.05, 0) is 38.5 Å². The number of hydrogen-bond donors (Lipinski definition) is 0. The van der Waals surface area contributed by atoms with Gasteiger partial charge in [-0.3, -0.25) is 4.90 Å². The average Bonchev–Trinajstić information content (AvgIpc) is 2.89. The minimum Gasteiger partial charge on any atom is -0.371 e. The molecule has 3 nitrogen and oxygen atoms in total. The van der Waals surface area contributed by atoms with E-state index in [1.807, 2.05) is 0 Å². The molecule has 2 aliphatic heterocycles. The third-order valence-corrected chi connectivity index (χ3v) is 5.04. The van der Waals surface area contributed by atoms with Gasteiger partial charge in [-0.2, -0.15) is 18.4 Å². The molecule has 2 aliphatic rings. The van der Waals surface area contributed by atoms with Crippen LogP contribution in [-0.2, 0) is 6.18 Å². The maximum atomic E-state index is 12.9. The summed E-state index contributed by atoms with van der Waals surface area (Å²) in [6, 6.07) is 6.11. The topological polar surface area (TPSA) is 30.3 Å². The van der Waals surface area contributed by atoms with Crippen molar-refractivity contribution in [3.8, 4) is 6.07 Å². The van der Waals surface area contributed by atoms with Crippen LogP contribution in [0, 0.1) is 16.7 Å². The van der Waals surface area contributed by atoms with E-state index >= 15 is 0 Å². The third kappa shape index (κ3) is 2.90. The van der Waals surface area contributed by atoms with Crippen LogP contribution in [0.2, 0.25) is 0 Å². The van der Waals surface area contributed by atoms with Crippen molar-refractivity contribution >= 4 is 5.69 Å². The molecule has 0 amide bonds. The SMILES string of the molecule is CC(C)N1CC2(CCN(c3ccc(C(F)(F)F)c(C#N)c3)C2)C1. The number of alkyl halides is 3. The van der Waals surface area contributed by atoms with E-state index < -0.39 is 11.7 Å². The second kappa shape index (κ2) is 5.41. The summed E-state index contributed by atoms with van der Waals surface area (Å²) in [4.78, 5) is 4.52. The van der Waals surface area contributed by atoms with Crippen molar-refractivity contribution < 1.29 is 13.2 Å². The molecule has 2 heterocycles. The molecule has 124 valence electrons. The van der Waals surface area contributed by atoms with Gasteiger partial charge < -0.3 is 4.90 Å². The van der Waals surface area contributed by atoms with Crippen LogP contribution in [0.1, 0.15) is 31.4 Å². The minimum atomic E-state index is -4.48. The molecule has 1 aromatic carbocycles. The number of benzene rings is 1. The lowest BCUT2D eigenvalue weighted by Gasteiger charge is -2.50. The Morgan fingerprint density at radius 3 is 2.48 bits per heavy atom. The number of likely N-dealkylation sites (tertiary alicyclic amines) is 1. The summed E-state index contributed by atoms with van der Waals surface area (Å²) in [6.07, 6.45) is -3.43. The predicted octanol–water partition coefficient (Wildman–Crippen LogP) is 3.50. The van der Waals surface area contributed by atoms with Gasteiger partial charge >= 0.3 is 6.18 Å². The number of rotatable bonds is 2. The van der Waals surface area contributed by atoms with Gasteiger partial charge in [0.1, 0.15) is 0 Å². The molecule has 2 saturated heterocycles. The first-order chi connectivity index (χ1) is 10.7. The van der Waals surface area contributed by atoms with E-state index in [4.69, 9.17) is 5.26 Å². The van der Waals surface area contributed by atoms with Gasteiger partial charge in [-0.15, -0.1) is 0 Å². The highest BCUT2D eigenvalue weighted by atomic mass is 19.4. The first kappa shape index (κ1) is 16.1. The van der Waals surface area contributed by atoms with Gasteiger partial charge in [0.25, 0.3) is 0 Å². The average molecular weight is 323 g/mol. The number of halogens is 3. The van der Waals surface area contributed by atoms with Crippen molar-refractivity contribution in [2.24, 2.45) is 5.41 Å². The van der Waals surface area contributed by atoms with Crippen LogP contribution >= 0.6 is 0 Å². The summed E-state index contributed by atoms with van der Waals surface area (Å²) >= 11 is 0. The summed E-state index contributed by atoms with van der Waals surface area (Å²) in [5.41, 5.74) is -0.171. The molecule has 1 spiro atoms. The molecule has 0 saturated carbocycles. The van der Waals surface area contributed by atoms with Crippen LogP contribution in [0.3, 0.4) is 0 Å². The maximum absolute atomic E-state index is 12.9. The molecule has 1 aromatic rings. The molecule has 3 rings (SSSR count). The van der Waals surface area contributed by atoms with E-state index in [-0.39, 0.29) is 11.0 Å². The van der Waals surface area contributed by atoms with Gasteiger partial charge in [0.15, 0.2) is 0 Å². The fourth-order valence-electron chi connectivity index (χ4n) is 3.66. The molecule has 0 atom stereocenters. The molecule has 0 aliphatic carbocycles. The summed E-state index contributed by atoms with van der Waals surface area (Å²) in [6.45, 7) is 8.14. The first-order valence-electron chi connectivity index (χ1n) is 7.84. The zero-order valence-electron chi connectivity index (χ0n) is 13.3. The van der Waals surface area contributed by atoms with Crippen molar-refractivity contribution in [3.63, 3.8) is 0 Å². The quantitative estimate of drug-likeness (QED) is 0.834. The van der Waals surface area contributed by atoms with Crippen molar-refractivity contribution in [1.29, 1.82) is 5.26 Å². The van der Waals surface area contributed by atoms with Gasteiger partial charge in [0.05, 0.1) is 17.2 Å². The Hall–Kier alpha value is -1.74. The number of hydrogen-bond acceptors (Lipinski definition) is 3. The molecule has 23 heavy (non-hydrogen) atoms. The van der Waals surface area contributed by atoms with Crippen LogP contribution < -0.4 is 4.90 Å². The highest BCUT2D eigenvalue weighted by Crippen LogP contribution is 2.42. The van der Waals surface area contributed by atoms with Gasteiger partial charge in [0, 0.05) is 43.3 Å². The van der Waals surface area contributed by atoms with E-state index in [0.717, 1.165) is 44.4 Å². The monoisotopic (exact) mass is 323 g/mol. The van der Waals surface area contributed by atoms with E-state index in [0.29, 0.717) is 6.04 Å². The number of nitriles is 1. The summed E-state index contributed by atoms with van der Waals surface area (Å²) < 4.78 is 38.6. The molecular weight excluding hydrogens is 303 g/mol. The second-order valence-corrected chi connectivity index (χ2v) is 7.01. The Labute approximate surface area is 134 Å². The second-order valence-electron chi connectivity index (χ2n) is 7.01. The zero-order chi connectivity index (χ0) is 16.8. The first-order valence-corrected chi connectivity index (χ1v) is 7.84. The molecule has 0 radical (unpaired) electrons. The van der Waals surface area contributed by atoms with E-state index in [1.165, 1.54) is 12.1 Å². The van der Waals surface area contributed by atoms with Gasteiger partial charge in [0.2, 0.25) is 0 Å². The lowest BCUT2D eigenvalue weighted by Crippen LogP contribution is -2.59. The molecular formula is C17H20F3N3. The molecule has 2 fully saturated rings. The Bertz CT molecular complexity index is 639. The Kier molecular flexibility index (Phi) is 3.80. The minimum absolute atomic E-state index is 0.264. The smallest absolute Gasteiger partial charge is 0.371 e. The Morgan fingerprint density at radius 2 is 1.91 bits per heavy atom. The number of anilines is 1. The fraction of sp³-hybridized carbons (Fsp3) is 0.588. The highest BCUT2D eigenvalue weighted by Gasteiger charge is 2.48. The van der Waals surface area contributed by atoms with Crippen LogP contribution in [0.25, 0.3) is 0 Å². The molecule has 0 unspecified atom stereocenters. The van der Waals surface area contributed by atoms with Crippen LogP contribution in [0.15, 0.2) is 18.2 Å². The van der Waals surface area contributed by atoms with Crippen molar-refractivity contribution in [2.75, 3.05) is 31.1 Å². The molecule has 0 aromatic heterocycles. The molecule has 0 N–H and O–H groups in total. The largest absolute Gasteiger partial charge is 0.417 e. The zero-order valence-corrected chi connectivity index (χ0v) is 13.3. The van der Waals surface area contributed by atoms with E-state index in [2.05, 4.69) is 23.6 Å². The van der Waals surface area contributed by atoms with Crippen LogP contribution in [0.5, 0.6) is 0 Å². The van der Waals surface area contributed by atoms with E-state index in [9.17, 15) is 13.2 Å². The normalized spacial score (nSPS) is 20.8. The van der Waals surface area contributed by atoms with Crippen molar-refractivity contribution in [1.82, 2.24) is 4.90 Å². The summed E-state index contributed by atoms with van der Waals surface area (Å²) in [5.74, 6) is 0. The Morgan fingerprint density at radius 1 is 1.22 bits per heavy atom. The molecule has 0 bridgehead atoms. The van der Waals surface area contributed by atoms with Gasteiger partial charge in [-0.25, -0.2) is 0 Å². The van der Waals surface area contributed by atoms with E-state index in [1.54, 1.807) is 6.07 Å². The Balaban J connectivity index is 1.76.